The van der Waals surface area contributed by atoms with E-state index < -0.39 is 0 Å². The van der Waals surface area contributed by atoms with E-state index in [4.69, 9.17) is 23.7 Å². The fourth-order valence-electron chi connectivity index (χ4n) is 4.53. The van der Waals surface area contributed by atoms with Gasteiger partial charge in [-0.1, -0.05) is 19.1 Å². The first-order valence-corrected chi connectivity index (χ1v) is 9.80. The summed E-state index contributed by atoms with van der Waals surface area (Å²) in [4.78, 5) is 2.38. The number of morpholine rings is 1. The molecule has 0 N–H and O–H groups in total. The van der Waals surface area contributed by atoms with E-state index in [9.17, 15) is 0 Å². The van der Waals surface area contributed by atoms with Crippen molar-refractivity contribution in [2.75, 3.05) is 40.2 Å². The zero-order valence-corrected chi connectivity index (χ0v) is 16.2. The van der Waals surface area contributed by atoms with E-state index in [2.05, 4.69) is 30.0 Å². The second kappa shape index (κ2) is 7.18. The van der Waals surface area contributed by atoms with E-state index in [-0.39, 0.29) is 24.9 Å². The fourth-order valence-corrected chi connectivity index (χ4v) is 4.53. The summed E-state index contributed by atoms with van der Waals surface area (Å²) in [6.45, 7) is 5.75. The summed E-state index contributed by atoms with van der Waals surface area (Å²) in [6.07, 6.45) is -0.0204. The fraction of sp³-hybridized carbons (Fsp3) is 0.455. The lowest BCUT2D eigenvalue weighted by molar-refractivity contribution is -0.0784. The third kappa shape index (κ3) is 2.97. The molecule has 0 aromatic heterocycles. The second-order valence-corrected chi connectivity index (χ2v) is 7.51. The van der Waals surface area contributed by atoms with E-state index in [0.717, 1.165) is 54.9 Å². The number of ether oxygens (including phenoxy) is 5. The Morgan fingerprint density at radius 3 is 2.57 bits per heavy atom. The number of fused-ring (bicyclic) bond motifs is 2. The van der Waals surface area contributed by atoms with Crippen LogP contribution in [0.3, 0.4) is 0 Å². The molecular formula is C22H25NO5. The van der Waals surface area contributed by atoms with Gasteiger partial charge in [-0.15, -0.1) is 0 Å². The maximum Gasteiger partial charge on any atom is 0.231 e. The number of hydrogen-bond donors (Lipinski definition) is 0. The molecule has 6 nitrogen and oxygen atoms in total. The van der Waals surface area contributed by atoms with Crippen molar-refractivity contribution in [3.05, 3.63) is 47.5 Å². The minimum absolute atomic E-state index is 0.0204. The number of rotatable bonds is 3. The van der Waals surface area contributed by atoms with Crippen LogP contribution < -0.4 is 18.9 Å². The van der Waals surface area contributed by atoms with Gasteiger partial charge in [0.25, 0.3) is 0 Å². The van der Waals surface area contributed by atoms with Gasteiger partial charge in [0.05, 0.1) is 20.3 Å². The van der Waals surface area contributed by atoms with Crippen molar-refractivity contribution in [1.29, 1.82) is 0 Å². The highest BCUT2D eigenvalue weighted by Gasteiger charge is 2.41. The molecule has 148 valence electrons. The number of benzene rings is 2. The van der Waals surface area contributed by atoms with Crippen LogP contribution in [0, 0.1) is 5.92 Å². The maximum absolute atomic E-state index is 6.52. The molecule has 2 aromatic rings. The lowest BCUT2D eigenvalue weighted by Crippen LogP contribution is -2.52. The van der Waals surface area contributed by atoms with Gasteiger partial charge < -0.3 is 23.7 Å². The van der Waals surface area contributed by atoms with Crippen LogP contribution >= 0.6 is 0 Å². The largest absolute Gasteiger partial charge is 0.497 e. The molecule has 1 fully saturated rings. The summed E-state index contributed by atoms with van der Waals surface area (Å²) in [5.41, 5.74) is 2.35. The molecule has 3 heterocycles. The van der Waals surface area contributed by atoms with Crippen LogP contribution in [-0.4, -0.2) is 51.3 Å². The number of hydrogen-bond acceptors (Lipinski definition) is 6. The van der Waals surface area contributed by atoms with Crippen molar-refractivity contribution in [3.8, 4) is 23.0 Å². The van der Waals surface area contributed by atoms with Crippen LogP contribution in [0.25, 0.3) is 0 Å². The first kappa shape index (κ1) is 17.6. The van der Waals surface area contributed by atoms with Crippen molar-refractivity contribution in [3.63, 3.8) is 0 Å². The third-order valence-corrected chi connectivity index (χ3v) is 5.92. The van der Waals surface area contributed by atoms with Gasteiger partial charge in [-0.3, -0.25) is 4.90 Å². The standard InChI is InChI=1S/C22H25NO5/c1-14-21(15-4-3-5-16(10-15)24-2)17-11-19-20(27-13-26-19)12-18(17)28-22(14)23-6-8-25-9-7-23/h3-5,10-12,14,21-22H,6-9,13H2,1-2H3/t14-,21+,22+/m1/s1. The zero-order valence-electron chi connectivity index (χ0n) is 16.2. The average molecular weight is 383 g/mol. The molecule has 3 aliphatic heterocycles. The van der Waals surface area contributed by atoms with E-state index >= 15 is 0 Å². The van der Waals surface area contributed by atoms with Crippen LogP contribution in [0.2, 0.25) is 0 Å². The number of methoxy groups -OCH3 is 1. The molecule has 0 amide bonds. The molecule has 3 atom stereocenters. The van der Waals surface area contributed by atoms with Gasteiger partial charge in [-0.25, -0.2) is 0 Å². The molecule has 3 aliphatic rings. The molecular weight excluding hydrogens is 358 g/mol. The minimum Gasteiger partial charge on any atom is -0.497 e. The highest BCUT2D eigenvalue weighted by Crippen LogP contribution is 2.50. The lowest BCUT2D eigenvalue weighted by atomic mass is 9.78. The Morgan fingerprint density at radius 2 is 1.79 bits per heavy atom. The van der Waals surface area contributed by atoms with Crippen molar-refractivity contribution in [1.82, 2.24) is 4.90 Å². The Kier molecular flexibility index (Phi) is 4.53. The first-order chi connectivity index (χ1) is 13.7. The quantitative estimate of drug-likeness (QED) is 0.811. The Morgan fingerprint density at radius 1 is 1.00 bits per heavy atom. The van der Waals surface area contributed by atoms with Crippen LogP contribution in [0.1, 0.15) is 24.0 Å². The van der Waals surface area contributed by atoms with E-state index in [0.29, 0.717) is 0 Å². The molecule has 28 heavy (non-hydrogen) atoms. The number of nitrogens with zero attached hydrogens (tertiary/aromatic N) is 1. The molecule has 0 spiro atoms. The lowest BCUT2D eigenvalue weighted by Gasteiger charge is -2.44. The monoisotopic (exact) mass is 383 g/mol. The summed E-state index contributed by atoms with van der Waals surface area (Å²) in [5, 5.41) is 0. The van der Waals surface area contributed by atoms with E-state index in [1.807, 2.05) is 18.2 Å². The molecule has 5 rings (SSSR count). The van der Waals surface area contributed by atoms with Crippen molar-refractivity contribution < 1.29 is 23.7 Å². The van der Waals surface area contributed by atoms with Gasteiger partial charge in [-0.05, 0) is 23.8 Å². The normalized spacial score (nSPS) is 26.4. The Balaban J connectivity index is 1.60. The first-order valence-electron chi connectivity index (χ1n) is 9.80. The predicted molar refractivity (Wildman–Crippen MR) is 103 cm³/mol. The SMILES string of the molecule is COc1cccc([C@H]2c3cc4c(cc3O[C@H](N3CCOCC3)[C@@H]2C)OCO4)c1. The molecule has 0 aliphatic carbocycles. The summed E-state index contributed by atoms with van der Waals surface area (Å²) in [5.74, 6) is 3.68. The third-order valence-electron chi connectivity index (χ3n) is 5.92. The van der Waals surface area contributed by atoms with Gasteiger partial charge in [0.15, 0.2) is 17.7 Å². The van der Waals surface area contributed by atoms with Gasteiger partial charge in [0.2, 0.25) is 6.79 Å². The van der Waals surface area contributed by atoms with Crippen molar-refractivity contribution in [2.24, 2.45) is 5.92 Å². The van der Waals surface area contributed by atoms with Crippen LogP contribution in [0.4, 0.5) is 0 Å². The minimum atomic E-state index is -0.0204. The molecule has 0 bridgehead atoms. The highest BCUT2D eigenvalue weighted by molar-refractivity contribution is 5.56. The van der Waals surface area contributed by atoms with E-state index in [1.54, 1.807) is 7.11 Å². The van der Waals surface area contributed by atoms with Crippen LogP contribution in [0.5, 0.6) is 23.0 Å². The van der Waals surface area contributed by atoms with Crippen molar-refractivity contribution in [2.45, 2.75) is 19.1 Å². The second-order valence-electron chi connectivity index (χ2n) is 7.51. The van der Waals surface area contributed by atoms with Gasteiger partial charge in [0.1, 0.15) is 11.5 Å². The zero-order chi connectivity index (χ0) is 19.1. The molecule has 1 saturated heterocycles. The van der Waals surface area contributed by atoms with Gasteiger partial charge in [0, 0.05) is 36.6 Å². The summed E-state index contributed by atoms with van der Waals surface area (Å²) in [6, 6.07) is 12.4. The molecule has 0 unspecified atom stereocenters. The molecule has 2 aromatic carbocycles. The Labute approximate surface area is 164 Å². The van der Waals surface area contributed by atoms with Crippen LogP contribution in [0.15, 0.2) is 36.4 Å². The molecule has 0 radical (unpaired) electrons. The Bertz CT molecular complexity index is 864. The van der Waals surface area contributed by atoms with Gasteiger partial charge in [-0.2, -0.15) is 0 Å². The maximum atomic E-state index is 6.52. The van der Waals surface area contributed by atoms with E-state index in [1.165, 1.54) is 5.56 Å². The molecule has 0 saturated carbocycles. The molecule has 6 heteroatoms. The average Bonchev–Trinajstić information content (AvgIpc) is 3.20. The smallest absolute Gasteiger partial charge is 0.231 e. The van der Waals surface area contributed by atoms with Crippen molar-refractivity contribution >= 4 is 0 Å². The predicted octanol–water partition coefficient (Wildman–Crippen LogP) is 3.24. The summed E-state index contributed by atoms with van der Waals surface area (Å²) >= 11 is 0. The topological polar surface area (TPSA) is 49.4 Å². The Hall–Kier alpha value is -2.44. The highest BCUT2D eigenvalue weighted by atomic mass is 16.7. The summed E-state index contributed by atoms with van der Waals surface area (Å²) in [7, 11) is 1.70. The van der Waals surface area contributed by atoms with Gasteiger partial charge >= 0.3 is 0 Å². The van der Waals surface area contributed by atoms with Crippen LogP contribution in [-0.2, 0) is 4.74 Å². The summed E-state index contributed by atoms with van der Waals surface area (Å²) < 4.78 is 28.8.